The highest BCUT2D eigenvalue weighted by atomic mass is 16.5. The molecule has 0 fully saturated rings. The van der Waals surface area contributed by atoms with Gasteiger partial charge < -0.3 is 14.2 Å². The van der Waals surface area contributed by atoms with E-state index in [1.807, 2.05) is 41.5 Å². The second-order valence-corrected chi connectivity index (χ2v) is 6.12. The summed E-state index contributed by atoms with van der Waals surface area (Å²) < 4.78 is 17.0. The van der Waals surface area contributed by atoms with Crippen molar-refractivity contribution < 1.29 is 14.2 Å². The Kier molecular flexibility index (Phi) is 7.94. The van der Waals surface area contributed by atoms with Crippen LogP contribution in [0.1, 0.15) is 58.2 Å². The Labute approximate surface area is 129 Å². The van der Waals surface area contributed by atoms with Crippen LogP contribution in [0.3, 0.4) is 0 Å². The zero-order valence-electron chi connectivity index (χ0n) is 14.2. The highest BCUT2D eigenvalue weighted by Crippen LogP contribution is 2.15. The highest BCUT2D eigenvalue weighted by molar-refractivity contribution is 5.28. The highest BCUT2D eigenvalue weighted by Gasteiger charge is 2.06. The summed E-state index contributed by atoms with van der Waals surface area (Å²) in [5, 5.41) is 0. The van der Waals surface area contributed by atoms with Crippen LogP contribution in [0.2, 0.25) is 0 Å². The van der Waals surface area contributed by atoms with Crippen LogP contribution >= 0.6 is 0 Å². The summed E-state index contributed by atoms with van der Waals surface area (Å²) in [6, 6.07) is 7.58. The van der Waals surface area contributed by atoms with E-state index in [2.05, 4.69) is 18.2 Å². The first-order valence-electron chi connectivity index (χ1n) is 7.75. The van der Waals surface area contributed by atoms with Crippen molar-refractivity contribution in [2.45, 2.75) is 79.7 Å². The molecule has 0 aromatic heterocycles. The van der Waals surface area contributed by atoms with Gasteiger partial charge in [0.25, 0.3) is 0 Å². The number of hydrogen-bond acceptors (Lipinski definition) is 3. The lowest BCUT2D eigenvalue weighted by Crippen LogP contribution is -2.07. The van der Waals surface area contributed by atoms with Crippen LogP contribution in [-0.2, 0) is 34.0 Å². The molecule has 0 amide bonds. The lowest BCUT2D eigenvalue weighted by Gasteiger charge is -2.14. The van der Waals surface area contributed by atoms with Crippen molar-refractivity contribution in [3.63, 3.8) is 0 Å². The van der Waals surface area contributed by atoms with E-state index in [0.29, 0.717) is 19.8 Å². The average Bonchev–Trinajstić information content (AvgIpc) is 2.40. The van der Waals surface area contributed by atoms with Gasteiger partial charge in [0.2, 0.25) is 0 Å². The zero-order valence-corrected chi connectivity index (χ0v) is 14.2. The molecule has 0 aliphatic rings. The molecule has 1 aromatic carbocycles. The Morgan fingerprint density at radius 3 is 1.48 bits per heavy atom. The van der Waals surface area contributed by atoms with E-state index in [1.165, 1.54) is 0 Å². The third-order valence-electron chi connectivity index (χ3n) is 2.77. The molecular formula is C18H29O3. The maximum atomic E-state index is 5.69. The standard InChI is InChI=1S/C18H29O3/c1-13(2)19-10-16-7-17(11-20-14(3)4)9-18(8-16)12-21-15(5)6/h7-8,13-15H,10-12H2,1-6H3. The summed E-state index contributed by atoms with van der Waals surface area (Å²) in [6.45, 7) is 14.0. The van der Waals surface area contributed by atoms with Crippen molar-refractivity contribution in [3.05, 3.63) is 34.9 Å². The molecule has 0 heterocycles. The number of hydrogen-bond donors (Lipinski definition) is 0. The molecule has 1 rings (SSSR count). The molecule has 0 atom stereocenters. The van der Waals surface area contributed by atoms with Crippen molar-refractivity contribution in [1.82, 2.24) is 0 Å². The Bertz CT molecular complexity index is 337. The minimum absolute atomic E-state index is 0.212. The Morgan fingerprint density at radius 1 is 0.714 bits per heavy atom. The second-order valence-electron chi connectivity index (χ2n) is 6.12. The van der Waals surface area contributed by atoms with E-state index in [-0.39, 0.29) is 18.3 Å². The minimum atomic E-state index is 0.212. The predicted molar refractivity (Wildman–Crippen MR) is 85.1 cm³/mol. The monoisotopic (exact) mass is 293 g/mol. The lowest BCUT2D eigenvalue weighted by atomic mass is 10.1. The molecule has 0 spiro atoms. The summed E-state index contributed by atoms with van der Waals surface area (Å²) in [4.78, 5) is 0. The summed E-state index contributed by atoms with van der Waals surface area (Å²) >= 11 is 0. The SMILES string of the molecule is CC(C)OCc1[c]c(COC(C)C)cc(COC(C)C)c1. The molecule has 1 aromatic rings. The largest absolute Gasteiger partial charge is 0.374 e. The fraction of sp³-hybridized carbons (Fsp3) is 0.667. The summed E-state index contributed by atoms with van der Waals surface area (Å²) in [5.74, 6) is 0. The van der Waals surface area contributed by atoms with E-state index >= 15 is 0 Å². The molecular weight excluding hydrogens is 264 g/mol. The predicted octanol–water partition coefficient (Wildman–Crippen LogP) is 4.26. The fourth-order valence-electron chi connectivity index (χ4n) is 1.78. The number of rotatable bonds is 9. The molecule has 0 bridgehead atoms. The van der Waals surface area contributed by atoms with Gasteiger partial charge in [-0.1, -0.05) is 12.1 Å². The van der Waals surface area contributed by atoms with Crippen molar-refractivity contribution in [2.75, 3.05) is 0 Å². The van der Waals surface area contributed by atoms with Crippen LogP contribution in [0, 0.1) is 6.07 Å². The molecule has 3 nitrogen and oxygen atoms in total. The average molecular weight is 293 g/mol. The van der Waals surface area contributed by atoms with Crippen LogP contribution in [-0.4, -0.2) is 18.3 Å². The van der Waals surface area contributed by atoms with Gasteiger partial charge >= 0.3 is 0 Å². The maximum absolute atomic E-state index is 5.69. The number of benzene rings is 1. The van der Waals surface area contributed by atoms with E-state index < -0.39 is 0 Å². The number of ether oxygens (including phenoxy) is 3. The summed E-state index contributed by atoms with van der Waals surface area (Å²) in [5.41, 5.74) is 3.25. The Hall–Kier alpha value is -0.900. The quantitative estimate of drug-likeness (QED) is 0.681. The molecule has 0 unspecified atom stereocenters. The lowest BCUT2D eigenvalue weighted by molar-refractivity contribution is 0.0592. The fourth-order valence-corrected chi connectivity index (χ4v) is 1.78. The van der Waals surface area contributed by atoms with Crippen molar-refractivity contribution >= 4 is 0 Å². The maximum Gasteiger partial charge on any atom is 0.0726 e. The van der Waals surface area contributed by atoms with Crippen molar-refractivity contribution in [1.29, 1.82) is 0 Å². The van der Waals surface area contributed by atoms with Gasteiger partial charge in [0, 0.05) is 0 Å². The van der Waals surface area contributed by atoms with E-state index in [0.717, 1.165) is 16.7 Å². The van der Waals surface area contributed by atoms with Gasteiger partial charge in [0.15, 0.2) is 0 Å². The van der Waals surface area contributed by atoms with Gasteiger partial charge in [-0.25, -0.2) is 0 Å². The van der Waals surface area contributed by atoms with Gasteiger partial charge in [-0.3, -0.25) is 0 Å². The molecule has 0 saturated carbocycles. The van der Waals surface area contributed by atoms with Crippen LogP contribution in [0.5, 0.6) is 0 Å². The van der Waals surface area contributed by atoms with Gasteiger partial charge in [0.1, 0.15) is 0 Å². The van der Waals surface area contributed by atoms with Gasteiger partial charge in [-0.2, -0.15) is 0 Å². The minimum Gasteiger partial charge on any atom is -0.374 e. The Balaban J connectivity index is 2.79. The summed E-state index contributed by atoms with van der Waals surface area (Å²) in [7, 11) is 0. The molecule has 119 valence electrons. The first-order chi connectivity index (χ1) is 9.86. The first kappa shape index (κ1) is 18.1. The van der Waals surface area contributed by atoms with Crippen LogP contribution in [0.4, 0.5) is 0 Å². The third-order valence-corrected chi connectivity index (χ3v) is 2.77. The molecule has 0 saturated heterocycles. The topological polar surface area (TPSA) is 27.7 Å². The van der Waals surface area contributed by atoms with E-state index in [4.69, 9.17) is 14.2 Å². The van der Waals surface area contributed by atoms with Crippen LogP contribution < -0.4 is 0 Å². The van der Waals surface area contributed by atoms with Crippen LogP contribution in [0.25, 0.3) is 0 Å². The van der Waals surface area contributed by atoms with Gasteiger partial charge in [0.05, 0.1) is 38.1 Å². The van der Waals surface area contributed by atoms with Gasteiger partial charge in [-0.05, 0) is 64.3 Å². The second kappa shape index (κ2) is 9.19. The van der Waals surface area contributed by atoms with E-state index in [9.17, 15) is 0 Å². The molecule has 21 heavy (non-hydrogen) atoms. The van der Waals surface area contributed by atoms with Gasteiger partial charge in [-0.15, -0.1) is 0 Å². The molecule has 0 aliphatic carbocycles. The molecule has 1 radical (unpaired) electrons. The summed E-state index contributed by atoms with van der Waals surface area (Å²) in [6.07, 6.45) is 0.647. The third kappa shape index (κ3) is 8.20. The van der Waals surface area contributed by atoms with E-state index in [1.54, 1.807) is 0 Å². The van der Waals surface area contributed by atoms with Crippen molar-refractivity contribution in [2.24, 2.45) is 0 Å². The van der Waals surface area contributed by atoms with Crippen molar-refractivity contribution in [3.8, 4) is 0 Å². The first-order valence-corrected chi connectivity index (χ1v) is 7.75. The van der Waals surface area contributed by atoms with Crippen LogP contribution in [0.15, 0.2) is 12.1 Å². The molecule has 3 heteroatoms. The smallest absolute Gasteiger partial charge is 0.0726 e. The molecule has 0 N–H and O–H groups in total. The zero-order chi connectivity index (χ0) is 15.8. The Morgan fingerprint density at radius 2 is 1.10 bits per heavy atom. The normalized spacial score (nSPS) is 11.9. The molecule has 0 aliphatic heterocycles.